The number of para-hydroxylation sites is 1. The quantitative estimate of drug-likeness (QED) is 0.927. The van der Waals surface area contributed by atoms with Gasteiger partial charge in [-0.05, 0) is 49.2 Å². The van der Waals surface area contributed by atoms with Crippen molar-refractivity contribution in [2.45, 2.75) is 13.8 Å². The molecule has 2 aromatic carbocycles. The Hall–Kier alpha value is -2.89. The normalized spacial score (nSPS) is 14.1. The van der Waals surface area contributed by atoms with Crippen molar-refractivity contribution in [3.63, 3.8) is 0 Å². The van der Waals surface area contributed by atoms with Crippen LogP contribution in [0.25, 0.3) is 0 Å². The molecule has 3 rings (SSSR count). The van der Waals surface area contributed by atoms with Crippen molar-refractivity contribution in [1.82, 2.24) is 4.90 Å². The molecule has 1 N–H and O–H groups in total. The third-order valence-corrected chi connectivity index (χ3v) is 4.08. The summed E-state index contributed by atoms with van der Waals surface area (Å²) in [6.45, 7) is 4.60. The summed E-state index contributed by atoms with van der Waals surface area (Å²) in [7, 11) is 0. The second-order valence-corrected chi connectivity index (χ2v) is 6.23. The van der Waals surface area contributed by atoms with Crippen LogP contribution in [0.1, 0.15) is 11.1 Å². The van der Waals surface area contributed by atoms with Crippen LogP contribution in [0.15, 0.2) is 42.5 Å². The van der Waals surface area contributed by atoms with Gasteiger partial charge in [0.15, 0.2) is 0 Å². The van der Waals surface area contributed by atoms with E-state index >= 15 is 0 Å². The number of anilines is 2. The summed E-state index contributed by atoms with van der Waals surface area (Å²) in [5.74, 6) is -0.717. The van der Waals surface area contributed by atoms with Crippen molar-refractivity contribution in [3.8, 4) is 0 Å². The summed E-state index contributed by atoms with van der Waals surface area (Å²) >= 11 is 0. The molecule has 1 fully saturated rings. The molecule has 2 aromatic rings. The lowest BCUT2D eigenvalue weighted by atomic mass is 10.1. The fourth-order valence-corrected chi connectivity index (χ4v) is 3.04. The number of nitrogens with zero attached hydrogens (tertiary/aromatic N) is 2. The molecule has 1 saturated heterocycles. The van der Waals surface area contributed by atoms with Crippen molar-refractivity contribution < 1.29 is 14.0 Å². The molecule has 0 atom stereocenters. The summed E-state index contributed by atoms with van der Waals surface area (Å²) in [6.07, 6.45) is 0. The molecule has 0 aromatic heterocycles. The first-order chi connectivity index (χ1) is 11.9. The first-order valence-corrected chi connectivity index (χ1v) is 8.13. The van der Waals surface area contributed by atoms with E-state index in [1.807, 2.05) is 32.0 Å². The molecule has 0 saturated carbocycles. The molecule has 6 heteroatoms. The zero-order chi connectivity index (χ0) is 18.0. The number of halogens is 1. The Balaban J connectivity index is 1.65. The summed E-state index contributed by atoms with van der Waals surface area (Å²) < 4.78 is 13.9. The summed E-state index contributed by atoms with van der Waals surface area (Å²) in [6, 6.07) is 11.6. The van der Waals surface area contributed by atoms with Gasteiger partial charge in [0.25, 0.3) is 0 Å². The third kappa shape index (κ3) is 3.79. The van der Waals surface area contributed by atoms with E-state index in [2.05, 4.69) is 5.32 Å². The Kier molecular flexibility index (Phi) is 4.70. The summed E-state index contributed by atoms with van der Waals surface area (Å²) in [5.41, 5.74) is 3.06. The lowest BCUT2D eigenvalue weighted by Crippen LogP contribution is -2.37. The van der Waals surface area contributed by atoms with Crippen LogP contribution in [0.2, 0.25) is 0 Å². The molecule has 0 unspecified atom stereocenters. The number of hydrogen-bond acceptors (Lipinski definition) is 2. The highest BCUT2D eigenvalue weighted by Crippen LogP contribution is 2.23. The van der Waals surface area contributed by atoms with Gasteiger partial charge in [-0.2, -0.15) is 0 Å². The van der Waals surface area contributed by atoms with Crippen LogP contribution in [0.3, 0.4) is 0 Å². The largest absolute Gasteiger partial charge is 0.325 e. The summed E-state index contributed by atoms with van der Waals surface area (Å²) in [4.78, 5) is 27.5. The molecule has 130 valence electrons. The van der Waals surface area contributed by atoms with Crippen molar-refractivity contribution in [3.05, 3.63) is 59.4 Å². The minimum Gasteiger partial charge on any atom is -0.325 e. The molecule has 5 nitrogen and oxygen atoms in total. The van der Waals surface area contributed by atoms with Crippen LogP contribution < -0.4 is 10.2 Å². The van der Waals surface area contributed by atoms with Crippen LogP contribution in [0.5, 0.6) is 0 Å². The van der Waals surface area contributed by atoms with Gasteiger partial charge in [-0.3, -0.25) is 9.69 Å². The first kappa shape index (κ1) is 17.0. The van der Waals surface area contributed by atoms with Crippen molar-refractivity contribution >= 4 is 23.3 Å². The lowest BCUT2D eigenvalue weighted by Gasteiger charge is -2.19. The van der Waals surface area contributed by atoms with Gasteiger partial charge in [-0.15, -0.1) is 0 Å². The highest BCUT2D eigenvalue weighted by molar-refractivity contribution is 5.99. The minimum absolute atomic E-state index is 0.0588. The van der Waals surface area contributed by atoms with Gasteiger partial charge < -0.3 is 10.2 Å². The predicted octanol–water partition coefficient (Wildman–Crippen LogP) is 3.32. The molecular weight excluding hydrogens is 321 g/mol. The van der Waals surface area contributed by atoms with Gasteiger partial charge in [0.2, 0.25) is 5.91 Å². The molecule has 25 heavy (non-hydrogen) atoms. The monoisotopic (exact) mass is 341 g/mol. The van der Waals surface area contributed by atoms with Crippen LogP contribution >= 0.6 is 0 Å². The Morgan fingerprint density at radius 3 is 2.48 bits per heavy atom. The van der Waals surface area contributed by atoms with Gasteiger partial charge in [0, 0.05) is 18.8 Å². The molecule has 0 bridgehead atoms. The van der Waals surface area contributed by atoms with Crippen molar-refractivity contribution in [1.29, 1.82) is 0 Å². The van der Waals surface area contributed by atoms with Crippen LogP contribution in [-0.4, -0.2) is 36.5 Å². The number of amides is 3. The van der Waals surface area contributed by atoms with Gasteiger partial charge in [0.1, 0.15) is 12.4 Å². The van der Waals surface area contributed by atoms with Crippen LogP contribution in [-0.2, 0) is 4.79 Å². The molecule has 1 heterocycles. The molecule has 3 amide bonds. The lowest BCUT2D eigenvalue weighted by molar-refractivity contribution is -0.116. The first-order valence-electron chi connectivity index (χ1n) is 8.13. The Morgan fingerprint density at radius 2 is 1.80 bits per heavy atom. The van der Waals surface area contributed by atoms with Gasteiger partial charge >= 0.3 is 6.03 Å². The fraction of sp³-hybridized carbons (Fsp3) is 0.263. The molecule has 0 aliphatic carbocycles. The van der Waals surface area contributed by atoms with Crippen LogP contribution in [0, 0.1) is 19.7 Å². The van der Waals surface area contributed by atoms with Gasteiger partial charge in [-0.1, -0.05) is 18.2 Å². The second kappa shape index (κ2) is 6.93. The number of aryl methyl sites for hydroxylation is 2. The minimum atomic E-state index is -0.447. The highest BCUT2D eigenvalue weighted by atomic mass is 19.1. The highest BCUT2D eigenvalue weighted by Gasteiger charge is 2.32. The number of benzene rings is 2. The standard InChI is InChI=1S/C19H20FN3O2/c1-13-9-14(2)11-15(10-13)21-18(24)12-22-7-8-23(19(22)25)17-6-4-3-5-16(17)20/h3-6,9-11H,7-8,12H2,1-2H3,(H,21,24). The summed E-state index contributed by atoms with van der Waals surface area (Å²) in [5, 5.41) is 2.81. The number of rotatable bonds is 4. The number of carbonyl (C=O) groups excluding carboxylic acids is 2. The zero-order valence-corrected chi connectivity index (χ0v) is 14.3. The number of carbonyl (C=O) groups is 2. The van der Waals surface area contributed by atoms with Crippen molar-refractivity contribution in [2.75, 3.05) is 29.9 Å². The fourth-order valence-electron chi connectivity index (χ4n) is 3.04. The van der Waals surface area contributed by atoms with E-state index in [1.54, 1.807) is 18.2 Å². The zero-order valence-electron chi connectivity index (χ0n) is 14.3. The van der Waals surface area contributed by atoms with E-state index < -0.39 is 5.82 Å². The molecular formula is C19H20FN3O2. The van der Waals surface area contributed by atoms with Gasteiger partial charge in [0.05, 0.1) is 5.69 Å². The van der Waals surface area contributed by atoms with E-state index in [4.69, 9.17) is 0 Å². The SMILES string of the molecule is Cc1cc(C)cc(NC(=O)CN2CCN(c3ccccc3F)C2=O)c1. The number of hydrogen-bond donors (Lipinski definition) is 1. The smallest absolute Gasteiger partial charge is 0.325 e. The second-order valence-electron chi connectivity index (χ2n) is 6.23. The van der Waals surface area contributed by atoms with Crippen LogP contribution in [0.4, 0.5) is 20.6 Å². The van der Waals surface area contributed by atoms with Gasteiger partial charge in [-0.25, -0.2) is 9.18 Å². The molecule has 1 aliphatic rings. The van der Waals surface area contributed by atoms with E-state index in [-0.39, 0.29) is 24.2 Å². The maximum absolute atomic E-state index is 13.9. The Bertz CT molecular complexity index is 802. The molecule has 0 radical (unpaired) electrons. The maximum Gasteiger partial charge on any atom is 0.325 e. The van der Waals surface area contributed by atoms with E-state index in [9.17, 15) is 14.0 Å². The average Bonchev–Trinajstić information content (AvgIpc) is 2.87. The maximum atomic E-state index is 13.9. The average molecular weight is 341 g/mol. The predicted molar refractivity (Wildman–Crippen MR) is 95.3 cm³/mol. The molecule has 1 aliphatic heterocycles. The van der Waals surface area contributed by atoms with Crippen molar-refractivity contribution in [2.24, 2.45) is 0 Å². The van der Waals surface area contributed by atoms with E-state index in [0.717, 1.165) is 11.1 Å². The van der Waals surface area contributed by atoms with E-state index in [0.29, 0.717) is 18.8 Å². The Labute approximate surface area is 146 Å². The number of urea groups is 1. The Morgan fingerprint density at radius 1 is 1.12 bits per heavy atom. The van der Waals surface area contributed by atoms with E-state index in [1.165, 1.54) is 15.9 Å². The number of nitrogens with one attached hydrogen (secondary N) is 1. The third-order valence-electron chi connectivity index (χ3n) is 4.08. The topological polar surface area (TPSA) is 52.7 Å². The molecule has 0 spiro atoms.